The van der Waals surface area contributed by atoms with Gasteiger partial charge >= 0.3 is 5.97 Å². The molecule has 2 aliphatic rings. The highest BCUT2D eigenvalue weighted by Crippen LogP contribution is 2.43. The molecular formula is C15H25NO4. The maximum atomic E-state index is 12.4. The van der Waals surface area contributed by atoms with Crippen molar-refractivity contribution in [3.63, 3.8) is 0 Å². The molecule has 2 saturated carbocycles. The minimum Gasteiger partial charge on any atom is -0.481 e. The molecule has 2 fully saturated rings. The van der Waals surface area contributed by atoms with Crippen LogP contribution in [-0.2, 0) is 14.3 Å². The summed E-state index contributed by atoms with van der Waals surface area (Å²) in [7, 11) is 1.68. The first-order chi connectivity index (χ1) is 9.27. The van der Waals surface area contributed by atoms with Crippen molar-refractivity contribution in [2.45, 2.75) is 52.2 Å². The Bertz CT molecular complexity index is 407. The quantitative estimate of drug-likeness (QED) is 0.823. The molecule has 20 heavy (non-hydrogen) atoms. The van der Waals surface area contributed by atoms with Gasteiger partial charge in [0, 0.05) is 18.6 Å². The number of rotatable bonds is 4. The first kappa shape index (κ1) is 15.3. The van der Waals surface area contributed by atoms with Gasteiger partial charge in [-0.1, -0.05) is 20.8 Å². The summed E-state index contributed by atoms with van der Waals surface area (Å²) in [5.41, 5.74) is -0.0899. The normalized spacial score (nSPS) is 39.1. The predicted octanol–water partition coefficient (Wildman–Crippen LogP) is 1.66. The number of amides is 1. The molecule has 0 aromatic carbocycles. The van der Waals surface area contributed by atoms with E-state index in [1.807, 2.05) is 6.92 Å². The number of carbonyl (C=O) groups is 2. The number of nitrogens with one attached hydrogen (secondary N) is 1. The summed E-state index contributed by atoms with van der Waals surface area (Å²) < 4.78 is 5.37. The van der Waals surface area contributed by atoms with E-state index in [1.54, 1.807) is 7.11 Å². The van der Waals surface area contributed by atoms with Crippen LogP contribution in [0, 0.1) is 23.2 Å². The second-order valence-electron chi connectivity index (χ2n) is 6.97. The van der Waals surface area contributed by atoms with Crippen molar-refractivity contribution < 1.29 is 19.4 Å². The van der Waals surface area contributed by atoms with E-state index < -0.39 is 11.9 Å². The molecule has 5 nitrogen and oxygen atoms in total. The number of carbonyl (C=O) groups excluding carboxylic acids is 1. The van der Waals surface area contributed by atoms with Gasteiger partial charge in [-0.05, 0) is 25.2 Å². The number of ether oxygens (including phenoxy) is 1. The zero-order valence-corrected chi connectivity index (χ0v) is 12.7. The van der Waals surface area contributed by atoms with Gasteiger partial charge in [-0.3, -0.25) is 9.59 Å². The highest BCUT2D eigenvalue weighted by Gasteiger charge is 2.50. The Morgan fingerprint density at radius 1 is 1.20 bits per heavy atom. The summed E-state index contributed by atoms with van der Waals surface area (Å²) in [6, 6.07) is 0.0744. The summed E-state index contributed by atoms with van der Waals surface area (Å²) in [5.74, 6) is -1.58. The standard InChI is InChI=1S/C15H25NO4/c1-8-5-9(10(6-8)14(18)19)13(17)16-11-7-12(20-4)15(11,2)3/h8-12H,5-7H2,1-4H3,(H,16,17)(H,18,19). The molecule has 5 atom stereocenters. The van der Waals surface area contributed by atoms with Crippen LogP contribution in [-0.4, -0.2) is 36.2 Å². The molecule has 1 amide bonds. The Hall–Kier alpha value is -1.10. The maximum Gasteiger partial charge on any atom is 0.307 e. The molecule has 5 heteroatoms. The van der Waals surface area contributed by atoms with Gasteiger partial charge < -0.3 is 15.2 Å². The van der Waals surface area contributed by atoms with Crippen LogP contribution in [0.15, 0.2) is 0 Å². The third-order valence-electron chi connectivity index (χ3n) is 5.23. The van der Waals surface area contributed by atoms with E-state index in [0.29, 0.717) is 18.8 Å². The lowest BCUT2D eigenvalue weighted by Crippen LogP contribution is -2.62. The van der Waals surface area contributed by atoms with Crippen LogP contribution >= 0.6 is 0 Å². The monoisotopic (exact) mass is 283 g/mol. The highest BCUT2D eigenvalue weighted by atomic mass is 16.5. The molecule has 2 aliphatic carbocycles. The Balaban J connectivity index is 1.97. The minimum atomic E-state index is -0.850. The Morgan fingerprint density at radius 2 is 1.80 bits per heavy atom. The summed E-state index contributed by atoms with van der Waals surface area (Å²) in [4.78, 5) is 23.6. The first-order valence-electron chi connectivity index (χ1n) is 7.33. The number of hydrogen-bond donors (Lipinski definition) is 2. The van der Waals surface area contributed by atoms with Gasteiger partial charge in [0.05, 0.1) is 17.9 Å². The van der Waals surface area contributed by atoms with Crippen molar-refractivity contribution in [1.29, 1.82) is 0 Å². The topological polar surface area (TPSA) is 75.6 Å². The van der Waals surface area contributed by atoms with Crippen LogP contribution in [0.1, 0.15) is 40.0 Å². The van der Waals surface area contributed by atoms with Gasteiger partial charge in [-0.25, -0.2) is 0 Å². The van der Waals surface area contributed by atoms with Crippen LogP contribution in [0.5, 0.6) is 0 Å². The van der Waals surface area contributed by atoms with Gasteiger partial charge in [0.1, 0.15) is 0 Å². The lowest BCUT2D eigenvalue weighted by Gasteiger charge is -2.51. The van der Waals surface area contributed by atoms with Crippen molar-refractivity contribution in [2.75, 3.05) is 7.11 Å². The largest absolute Gasteiger partial charge is 0.481 e. The molecule has 5 unspecified atom stereocenters. The maximum absolute atomic E-state index is 12.4. The van der Waals surface area contributed by atoms with Crippen molar-refractivity contribution in [3.8, 4) is 0 Å². The predicted molar refractivity (Wildman–Crippen MR) is 74.1 cm³/mol. The second kappa shape index (κ2) is 5.35. The van der Waals surface area contributed by atoms with E-state index in [0.717, 1.165) is 6.42 Å². The van der Waals surface area contributed by atoms with E-state index in [4.69, 9.17) is 4.74 Å². The molecule has 0 aromatic rings. The average molecular weight is 283 g/mol. The third-order valence-corrected chi connectivity index (χ3v) is 5.23. The van der Waals surface area contributed by atoms with Gasteiger partial charge in [0.15, 0.2) is 0 Å². The number of hydrogen-bond acceptors (Lipinski definition) is 3. The molecule has 2 rings (SSSR count). The van der Waals surface area contributed by atoms with Gasteiger partial charge in [0.2, 0.25) is 5.91 Å². The molecule has 0 spiro atoms. The second-order valence-corrected chi connectivity index (χ2v) is 6.97. The van der Waals surface area contributed by atoms with Crippen molar-refractivity contribution in [1.82, 2.24) is 5.32 Å². The Morgan fingerprint density at radius 3 is 2.30 bits per heavy atom. The lowest BCUT2D eigenvalue weighted by atomic mass is 9.64. The average Bonchev–Trinajstić information content (AvgIpc) is 2.76. The number of methoxy groups -OCH3 is 1. The van der Waals surface area contributed by atoms with Crippen molar-refractivity contribution in [2.24, 2.45) is 23.2 Å². The summed E-state index contributed by atoms with van der Waals surface area (Å²) >= 11 is 0. The summed E-state index contributed by atoms with van der Waals surface area (Å²) in [6.07, 6.45) is 2.23. The molecule has 0 bridgehead atoms. The zero-order valence-electron chi connectivity index (χ0n) is 12.7. The van der Waals surface area contributed by atoms with Crippen LogP contribution in [0.3, 0.4) is 0 Å². The molecule has 0 radical (unpaired) electrons. The van der Waals surface area contributed by atoms with Crippen LogP contribution in [0.2, 0.25) is 0 Å². The van der Waals surface area contributed by atoms with E-state index >= 15 is 0 Å². The van der Waals surface area contributed by atoms with Gasteiger partial charge in [0.25, 0.3) is 0 Å². The molecule has 0 aromatic heterocycles. The fraction of sp³-hybridized carbons (Fsp3) is 0.867. The summed E-state index contributed by atoms with van der Waals surface area (Å²) in [5, 5.41) is 12.3. The van der Waals surface area contributed by atoms with Gasteiger partial charge in [-0.15, -0.1) is 0 Å². The SMILES string of the molecule is COC1CC(NC(=O)C2CC(C)CC2C(=O)O)C1(C)C. The lowest BCUT2D eigenvalue weighted by molar-refractivity contribution is -0.148. The molecule has 0 heterocycles. The highest BCUT2D eigenvalue weighted by molar-refractivity contribution is 5.85. The van der Waals surface area contributed by atoms with E-state index in [1.165, 1.54) is 0 Å². The zero-order chi connectivity index (χ0) is 15.1. The van der Waals surface area contributed by atoms with Crippen LogP contribution in [0.25, 0.3) is 0 Å². The summed E-state index contributed by atoms with van der Waals surface area (Å²) in [6.45, 7) is 6.15. The number of aliphatic carboxylic acids is 1. The Labute approximate surface area is 120 Å². The molecule has 2 N–H and O–H groups in total. The first-order valence-corrected chi connectivity index (χ1v) is 7.33. The number of carboxylic acids is 1. The molecule has 114 valence electrons. The van der Waals surface area contributed by atoms with Crippen molar-refractivity contribution in [3.05, 3.63) is 0 Å². The smallest absolute Gasteiger partial charge is 0.307 e. The van der Waals surface area contributed by atoms with Crippen LogP contribution in [0.4, 0.5) is 0 Å². The molecule has 0 aliphatic heterocycles. The van der Waals surface area contributed by atoms with E-state index in [-0.39, 0.29) is 29.4 Å². The fourth-order valence-electron chi connectivity index (χ4n) is 3.66. The van der Waals surface area contributed by atoms with E-state index in [2.05, 4.69) is 19.2 Å². The Kier molecular flexibility index (Phi) is 4.09. The van der Waals surface area contributed by atoms with Crippen LogP contribution < -0.4 is 5.32 Å². The molecular weight excluding hydrogens is 258 g/mol. The number of carboxylic acid groups (broad SMARTS) is 1. The molecule has 0 saturated heterocycles. The minimum absolute atomic E-state index is 0.0744. The van der Waals surface area contributed by atoms with Crippen molar-refractivity contribution >= 4 is 11.9 Å². The van der Waals surface area contributed by atoms with Gasteiger partial charge in [-0.2, -0.15) is 0 Å². The van der Waals surface area contributed by atoms with E-state index in [9.17, 15) is 14.7 Å². The fourth-order valence-corrected chi connectivity index (χ4v) is 3.66. The third kappa shape index (κ3) is 2.55.